The summed E-state index contributed by atoms with van der Waals surface area (Å²) in [7, 11) is 2.11. The van der Waals surface area contributed by atoms with Gasteiger partial charge in [-0.2, -0.15) is 0 Å². The fourth-order valence-corrected chi connectivity index (χ4v) is 3.12. The van der Waals surface area contributed by atoms with Gasteiger partial charge in [-0.25, -0.2) is 4.98 Å². The highest BCUT2D eigenvalue weighted by Crippen LogP contribution is 2.32. The molecule has 116 valence electrons. The van der Waals surface area contributed by atoms with Crippen LogP contribution in [0.2, 0.25) is 0 Å². The largest absolute Gasteiger partial charge is 0.372 e. The molecule has 2 aliphatic heterocycles. The quantitative estimate of drug-likeness (QED) is 0.849. The molecule has 4 rings (SSSR count). The number of rotatable bonds is 2. The minimum atomic E-state index is 0.533. The Bertz CT molecular complexity index is 887. The molecule has 2 aliphatic rings. The summed E-state index contributed by atoms with van der Waals surface area (Å²) in [5.74, 6) is 0.972. The van der Waals surface area contributed by atoms with Crippen molar-refractivity contribution in [2.24, 2.45) is 9.98 Å². The first-order valence-corrected chi connectivity index (χ1v) is 7.87. The van der Waals surface area contributed by atoms with Gasteiger partial charge in [0.15, 0.2) is 5.82 Å². The van der Waals surface area contributed by atoms with Crippen LogP contribution in [-0.2, 0) is 0 Å². The summed E-state index contributed by atoms with van der Waals surface area (Å²) in [5, 5.41) is 1.92. The van der Waals surface area contributed by atoms with E-state index in [0.29, 0.717) is 6.67 Å². The zero-order valence-electron chi connectivity index (χ0n) is 13.2. The maximum Gasteiger partial charge on any atom is 0.156 e. The van der Waals surface area contributed by atoms with Crippen molar-refractivity contribution in [3.63, 3.8) is 0 Å². The Morgan fingerprint density at radius 3 is 2.83 bits per heavy atom. The van der Waals surface area contributed by atoms with Crippen LogP contribution < -0.4 is 20.5 Å². The average Bonchev–Trinajstić information content (AvgIpc) is 2.99. The predicted molar refractivity (Wildman–Crippen MR) is 92.3 cm³/mol. The van der Waals surface area contributed by atoms with E-state index in [4.69, 9.17) is 4.98 Å². The molecule has 23 heavy (non-hydrogen) atoms. The van der Waals surface area contributed by atoms with Gasteiger partial charge in [-0.05, 0) is 36.9 Å². The molecular formula is C18H19N5. The van der Waals surface area contributed by atoms with E-state index in [-0.39, 0.29) is 0 Å². The van der Waals surface area contributed by atoms with Gasteiger partial charge in [-0.15, -0.1) is 0 Å². The minimum absolute atomic E-state index is 0.533. The van der Waals surface area contributed by atoms with E-state index in [2.05, 4.69) is 57.7 Å². The molecule has 1 aromatic carbocycles. The third kappa shape index (κ3) is 2.38. The summed E-state index contributed by atoms with van der Waals surface area (Å²) in [6, 6.07) is 10.4. The lowest BCUT2D eigenvalue weighted by Gasteiger charge is -2.22. The van der Waals surface area contributed by atoms with Gasteiger partial charge < -0.3 is 9.80 Å². The van der Waals surface area contributed by atoms with Crippen LogP contribution >= 0.6 is 0 Å². The van der Waals surface area contributed by atoms with Crippen molar-refractivity contribution in [1.29, 1.82) is 0 Å². The number of benzene rings is 1. The van der Waals surface area contributed by atoms with Crippen LogP contribution in [0.5, 0.6) is 0 Å². The van der Waals surface area contributed by atoms with Crippen molar-refractivity contribution in [1.82, 2.24) is 4.98 Å². The maximum absolute atomic E-state index is 4.91. The normalized spacial score (nSPS) is 16.0. The van der Waals surface area contributed by atoms with Gasteiger partial charge in [0, 0.05) is 25.7 Å². The summed E-state index contributed by atoms with van der Waals surface area (Å²) >= 11 is 0. The summed E-state index contributed by atoms with van der Waals surface area (Å²) < 4.78 is 0. The number of aromatic nitrogens is 1. The lowest BCUT2D eigenvalue weighted by Crippen LogP contribution is -2.21. The van der Waals surface area contributed by atoms with Gasteiger partial charge in [0.2, 0.25) is 0 Å². The van der Waals surface area contributed by atoms with Crippen molar-refractivity contribution in [3.8, 4) is 11.3 Å². The first-order valence-electron chi connectivity index (χ1n) is 7.87. The van der Waals surface area contributed by atoms with E-state index < -0.39 is 0 Å². The lowest BCUT2D eigenvalue weighted by atomic mass is 10.1. The van der Waals surface area contributed by atoms with Gasteiger partial charge in [0.25, 0.3) is 0 Å². The molecule has 0 radical (unpaired) electrons. The maximum atomic E-state index is 4.91. The van der Waals surface area contributed by atoms with Crippen molar-refractivity contribution >= 4 is 11.5 Å². The molecule has 1 aromatic heterocycles. The number of pyridine rings is 1. The zero-order chi connectivity index (χ0) is 15.8. The Hall–Kier alpha value is -2.69. The highest BCUT2D eigenvalue weighted by molar-refractivity contribution is 5.73. The summed E-state index contributed by atoms with van der Waals surface area (Å²) in [4.78, 5) is 18.0. The van der Waals surface area contributed by atoms with Crippen LogP contribution in [0.25, 0.3) is 11.3 Å². The third-order valence-electron chi connectivity index (χ3n) is 4.40. The number of fused-ring (bicyclic) bond motifs is 2. The molecule has 0 amide bonds. The molecule has 0 N–H and O–H groups in total. The first-order chi connectivity index (χ1) is 11.3. The predicted octanol–water partition coefficient (Wildman–Crippen LogP) is 1.75. The zero-order valence-corrected chi connectivity index (χ0v) is 13.2. The molecule has 0 bridgehead atoms. The second-order valence-corrected chi connectivity index (χ2v) is 5.85. The smallest absolute Gasteiger partial charge is 0.156 e. The van der Waals surface area contributed by atoms with Crippen molar-refractivity contribution in [3.05, 3.63) is 53.8 Å². The minimum Gasteiger partial charge on any atom is -0.372 e. The fourth-order valence-electron chi connectivity index (χ4n) is 3.12. The Morgan fingerprint density at radius 1 is 1.09 bits per heavy atom. The topological polar surface area (TPSA) is 44.1 Å². The van der Waals surface area contributed by atoms with E-state index in [1.165, 1.54) is 0 Å². The lowest BCUT2D eigenvalue weighted by molar-refractivity contribution is 0.802. The van der Waals surface area contributed by atoms with E-state index in [0.717, 1.165) is 53.0 Å². The molecule has 0 fully saturated rings. The molecule has 2 aromatic rings. The van der Waals surface area contributed by atoms with Gasteiger partial charge in [-0.1, -0.05) is 12.6 Å². The number of hydrogen-bond donors (Lipinski definition) is 0. The van der Waals surface area contributed by atoms with E-state index in [1.54, 1.807) is 0 Å². The number of nitrogens with zero attached hydrogens (tertiary/aromatic N) is 5. The van der Waals surface area contributed by atoms with Gasteiger partial charge in [0.05, 0.1) is 22.1 Å². The van der Waals surface area contributed by atoms with E-state index in [9.17, 15) is 0 Å². The van der Waals surface area contributed by atoms with Crippen LogP contribution in [0, 0.1) is 0 Å². The second kappa shape index (κ2) is 5.50. The van der Waals surface area contributed by atoms with Gasteiger partial charge in [-0.3, -0.25) is 9.98 Å². The molecule has 0 spiro atoms. The summed E-state index contributed by atoms with van der Waals surface area (Å²) in [6.45, 7) is 6.44. The molecule has 0 saturated heterocycles. The standard InChI is InChI=1S/C18H19N5/c1-3-23-10-4-9-22(2)17-8-7-14(21-18(17)23)13-5-6-15-16(11-13)20-12-19-15/h3,5-8,11H,1,4,9-10,12H2,2H3. The van der Waals surface area contributed by atoms with E-state index in [1.807, 2.05) is 12.3 Å². The Morgan fingerprint density at radius 2 is 1.96 bits per heavy atom. The molecule has 0 atom stereocenters. The Balaban J connectivity index is 1.84. The SMILES string of the molecule is C=CN1CCCN(C)c2ccc(-c3ccc4c(c3)=NCN=4)nc21. The van der Waals surface area contributed by atoms with Crippen LogP contribution in [0.4, 0.5) is 11.5 Å². The third-order valence-corrected chi connectivity index (χ3v) is 4.40. The second-order valence-electron chi connectivity index (χ2n) is 5.85. The molecule has 3 heterocycles. The first kappa shape index (κ1) is 13.9. The highest BCUT2D eigenvalue weighted by Gasteiger charge is 2.19. The number of hydrogen-bond acceptors (Lipinski definition) is 5. The van der Waals surface area contributed by atoms with Gasteiger partial charge in [0.1, 0.15) is 6.67 Å². The molecule has 5 heteroatoms. The Kier molecular flexibility index (Phi) is 3.33. The molecule has 5 nitrogen and oxygen atoms in total. The summed E-state index contributed by atoms with van der Waals surface area (Å²) in [5.41, 5.74) is 3.17. The van der Waals surface area contributed by atoms with Crippen molar-refractivity contribution in [2.45, 2.75) is 6.42 Å². The van der Waals surface area contributed by atoms with Crippen LogP contribution in [0.3, 0.4) is 0 Å². The average molecular weight is 305 g/mol. The molecule has 0 aliphatic carbocycles. The highest BCUT2D eigenvalue weighted by atomic mass is 15.2. The van der Waals surface area contributed by atoms with Crippen molar-refractivity contribution < 1.29 is 0 Å². The number of anilines is 2. The molecule has 0 saturated carbocycles. The van der Waals surface area contributed by atoms with Crippen LogP contribution in [0.1, 0.15) is 6.42 Å². The summed E-state index contributed by atoms with van der Waals surface area (Å²) in [6.07, 6.45) is 2.96. The van der Waals surface area contributed by atoms with Crippen molar-refractivity contribution in [2.75, 3.05) is 36.6 Å². The molecule has 0 unspecified atom stereocenters. The Labute approximate surface area is 135 Å². The van der Waals surface area contributed by atoms with E-state index >= 15 is 0 Å². The van der Waals surface area contributed by atoms with Gasteiger partial charge >= 0.3 is 0 Å². The monoisotopic (exact) mass is 305 g/mol. The van der Waals surface area contributed by atoms with Crippen LogP contribution in [0.15, 0.2) is 53.1 Å². The fraction of sp³-hybridized carbons (Fsp3) is 0.278. The molecular weight excluding hydrogens is 286 g/mol. The van der Waals surface area contributed by atoms with Crippen LogP contribution in [-0.4, -0.2) is 31.8 Å².